The minimum absolute atomic E-state index is 0.464. The van der Waals surface area contributed by atoms with Gasteiger partial charge in [-0.15, -0.1) is 0 Å². The number of anilines is 1. The number of ether oxygens (including phenoxy) is 1. The van der Waals surface area contributed by atoms with Crippen molar-refractivity contribution in [3.8, 4) is 23.7 Å². The van der Waals surface area contributed by atoms with Crippen LogP contribution in [0.5, 0.6) is 5.75 Å². The molecule has 3 heterocycles. The molecule has 0 aliphatic carbocycles. The van der Waals surface area contributed by atoms with Gasteiger partial charge in [-0.2, -0.15) is 9.65 Å². The van der Waals surface area contributed by atoms with E-state index in [2.05, 4.69) is 32.8 Å². The van der Waals surface area contributed by atoms with Gasteiger partial charge in [0.05, 0.1) is 7.11 Å². The number of nitriles is 1. The number of rotatable bonds is 2. The summed E-state index contributed by atoms with van der Waals surface area (Å²) in [6.45, 7) is 1.53. The first-order valence-electron chi connectivity index (χ1n) is 8.20. The highest BCUT2D eigenvalue weighted by atomic mass is 19.1. The van der Waals surface area contributed by atoms with Crippen molar-refractivity contribution < 1.29 is 9.13 Å². The van der Waals surface area contributed by atoms with Gasteiger partial charge in [0.1, 0.15) is 23.2 Å². The Hall–Kier alpha value is -3.38. The summed E-state index contributed by atoms with van der Waals surface area (Å²) in [7, 11) is 1.55. The van der Waals surface area contributed by atoms with Crippen LogP contribution in [0.25, 0.3) is 0 Å². The molecule has 130 valence electrons. The molecule has 1 aliphatic rings. The molecule has 1 fully saturated rings. The molecule has 0 unspecified atom stereocenters. The predicted octanol–water partition coefficient (Wildman–Crippen LogP) is 3.07. The van der Waals surface area contributed by atoms with Gasteiger partial charge in [-0.1, -0.05) is 17.4 Å². The van der Waals surface area contributed by atoms with Crippen LogP contribution in [0.3, 0.4) is 0 Å². The van der Waals surface area contributed by atoms with Crippen LogP contribution in [0.4, 0.5) is 10.2 Å². The topological polar surface area (TPSA) is 62.0 Å². The SMILES string of the molecule is COc1ccnc(N2CCC(=CC#Cc3ccc(F)nc3)CC2)c1C#N. The van der Waals surface area contributed by atoms with Gasteiger partial charge in [-0.25, -0.2) is 9.97 Å². The Morgan fingerprint density at radius 2 is 2.04 bits per heavy atom. The van der Waals surface area contributed by atoms with E-state index in [0.29, 0.717) is 22.7 Å². The number of piperidine rings is 1. The van der Waals surface area contributed by atoms with Gasteiger partial charge in [0, 0.05) is 31.0 Å². The van der Waals surface area contributed by atoms with E-state index in [0.717, 1.165) is 25.9 Å². The number of pyridine rings is 2. The van der Waals surface area contributed by atoms with Crippen LogP contribution in [0.2, 0.25) is 0 Å². The first-order chi connectivity index (χ1) is 12.7. The number of hydrogen-bond acceptors (Lipinski definition) is 5. The number of methoxy groups -OCH3 is 1. The molecule has 2 aromatic rings. The lowest BCUT2D eigenvalue weighted by atomic mass is 10.0. The van der Waals surface area contributed by atoms with E-state index in [-0.39, 0.29) is 0 Å². The molecule has 5 nitrogen and oxygen atoms in total. The van der Waals surface area contributed by atoms with Crippen molar-refractivity contribution >= 4 is 5.82 Å². The fourth-order valence-electron chi connectivity index (χ4n) is 2.77. The van der Waals surface area contributed by atoms with Crippen molar-refractivity contribution in [2.45, 2.75) is 12.8 Å². The molecule has 0 amide bonds. The summed E-state index contributed by atoms with van der Waals surface area (Å²) in [4.78, 5) is 10.0. The Balaban J connectivity index is 1.67. The van der Waals surface area contributed by atoms with Crippen LogP contribution >= 0.6 is 0 Å². The summed E-state index contributed by atoms with van der Waals surface area (Å²) < 4.78 is 18.0. The number of aromatic nitrogens is 2. The summed E-state index contributed by atoms with van der Waals surface area (Å²) >= 11 is 0. The molecule has 26 heavy (non-hydrogen) atoms. The molecule has 1 saturated heterocycles. The molecule has 0 atom stereocenters. The van der Waals surface area contributed by atoms with Crippen molar-refractivity contribution in [3.05, 3.63) is 59.3 Å². The van der Waals surface area contributed by atoms with Gasteiger partial charge in [0.25, 0.3) is 0 Å². The third-order valence-electron chi connectivity index (χ3n) is 4.15. The lowest BCUT2D eigenvalue weighted by Gasteiger charge is -2.30. The van der Waals surface area contributed by atoms with Gasteiger partial charge in [0.15, 0.2) is 0 Å². The summed E-state index contributed by atoms with van der Waals surface area (Å²) in [6, 6.07) is 6.77. The minimum Gasteiger partial charge on any atom is -0.495 e. The maximum absolute atomic E-state index is 12.8. The highest BCUT2D eigenvalue weighted by Crippen LogP contribution is 2.29. The Bertz CT molecular complexity index is 910. The second-order valence-electron chi connectivity index (χ2n) is 5.75. The Kier molecular flexibility index (Phi) is 5.46. The number of allylic oxidation sites excluding steroid dienone is 1. The first-order valence-corrected chi connectivity index (χ1v) is 8.20. The average Bonchev–Trinajstić information content (AvgIpc) is 2.69. The zero-order valence-corrected chi connectivity index (χ0v) is 14.4. The molecule has 0 aromatic carbocycles. The molecule has 2 aromatic heterocycles. The molecule has 3 rings (SSSR count). The molecule has 6 heteroatoms. The largest absolute Gasteiger partial charge is 0.495 e. The molecule has 0 N–H and O–H groups in total. The average molecular weight is 348 g/mol. The van der Waals surface area contributed by atoms with E-state index in [9.17, 15) is 9.65 Å². The van der Waals surface area contributed by atoms with E-state index in [1.165, 1.54) is 17.8 Å². The minimum atomic E-state index is -0.510. The molecule has 0 radical (unpaired) electrons. The van der Waals surface area contributed by atoms with Crippen LogP contribution in [-0.2, 0) is 0 Å². The summed E-state index contributed by atoms with van der Waals surface area (Å²) in [6.07, 6.45) is 6.68. The molecule has 1 aliphatic heterocycles. The van der Waals surface area contributed by atoms with Gasteiger partial charge in [-0.3, -0.25) is 0 Å². The summed E-state index contributed by atoms with van der Waals surface area (Å²) in [5, 5.41) is 9.40. The molecular formula is C20H17FN4O. The third kappa shape index (κ3) is 3.99. The normalized spacial score (nSPS) is 13.4. The second kappa shape index (κ2) is 8.13. The fourth-order valence-corrected chi connectivity index (χ4v) is 2.77. The van der Waals surface area contributed by atoms with E-state index in [1.807, 2.05) is 6.08 Å². The molecule has 0 bridgehead atoms. The van der Waals surface area contributed by atoms with Crippen molar-refractivity contribution in [3.63, 3.8) is 0 Å². The van der Waals surface area contributed by atoms with Crippen LogP contribution < -0.4 is 9.64 Å². The van der Waals surface area contributed by atoms with Crippen LogP contribution in [0.1, 0.15) is 24.0 Å². The Morgan fingerprint density at radius 1 is 1.23 bits per heavy atom. The highest BCUT2D eigenvalue weighted by Gasteiger charge is 2.20. The number of nitrogens with zero attached hydrogens (tertiary/aromatic N) is 4. The fraction of sp³-hybridized carbons (Fsp3) is 0.250. The van der Waals surface area contributed by atoms with E-state index >= 15 is 0 Å². The van der Waals surface area contributed by atoms with Gasteiger partial charge in [-0.05, 0) is 37.1 Å². The maximum atomic E-state index is 12.8. The van der Waals surface area contributed by atoms with E-state index in [1.54, 1.807) is 25.4 Å². The third-order valence-corrected chi connectivity index (χ3v) is 4.15. The van der Waals surface area contributed by atoms with Crippen molar-refractivity contribution in [2.24, 2.45) is 0 Å². The monoisotopic (exact) mass is 348 g/mol. The number of hydrogen-bond donors (Lipinski definition) is 0. The summed E-state index contributed by atoms with van der Waals surface area (Å²) in [5.74, 6) is 6.65. The Labute approximate surface area is 151 Å². The van der Waals surface area contributed by atoms with Gasteiger partial charge < -0.3 is 9.64 Å². The standard InChI is InChI=1S/C20H17FN4O/c1-26-18-7-10-23-20(17(18)13-22)25-11-8-15(9-12-25)3-2-4-16-5-6-19(21)24-14-16/h3,5-7,10,14H,8-9,11-12H2,1H3. The Morgan fingerprint density at radius 3 is 2.69 bits per heavy atom. The molecule has 0 saturated carbocycles. The van der Waals surface area contributed by atoms with Crippen LogP contribution in [-0.4, -0.2) is 30.2 Å². The zero-order valence-electron chi connectivity index (χ0n) is 14.4. The summed E-state index contributed by atoms with van der Waals surface area (Å²) in [5.41, 5.74) is 2.39. The van der Waals surface area contributed by atoms with Crippen LogP contribution in [0, 0.1) is 29.1 Å². The first kappa shape index (κ1) is 17.4. The lowest BCUT2D eigenvalue weighted by molar-refractivity contribution is 0.412. The highest BCUT2D eigenvalue weighted by molar-refractivity contribution is 5.60. The molecule has 0 spiro atoms. The van der Waals surface area contributed by atoms with E-state index in [4.69, 9.17) is 4.74 Å². The predicted molar refractivity (Wildman–Crippen MR) is 96.1 cm³/mol. The zero-order chi connectivity index (χ0) is 18.4. The molecular weight excluding hydrogens is 331 g/mol. The van der Waals surface area contributed by atoms with Gasteiger partial charge >= 0.3 is 0 Å². The smallest absolute Gasteiger partial charge is 0.212 e. The van der Waals surface area contributed by atoms with Crippen molar-refractivity contribution in [1.29, 1.82) is 5.26 Å². The number of halogens is 1. The van der Waals surface area contributed by atoms with Crippen molar-refractivity contribution in [1.82, 2.24) is 9.97 Å². The second-order valence-corrected chi connectivity index (χ2v) is 5.75. The quantitative estimate of drug-likeness (QED) is 0.616. The lowest BCUT2D eigenvalue weighted by Crippen LogP contribution is -2.32. The van der Waals surface area contributed by atoms with E-state index < -0.39 is 5.95 Å². The van der Waals surface area contributed by atoms with Crippen molar-refractivity contribution in [2.75, 3.05) is 25.1 Å². The van der Waals surface area contributed by atoms with Crippen LogP contribution in [0.15, 0.2) is 42.2 Å². The van der Waals surface area contributed by atoms with Gasteiger partial charge in [0.2, 0.25) is 5.95 Å². The maximum Gasteiger partial charge on any atom is 0.212 e.